The minimum atomic E-state index is 0.648. The summed E-state index contributed by atoms with van der Waals surface area (Å²) in [4.78, 5) is 8.04. The van der Waals surface area contributed by atoms with Crippen LogP contribution in [0.3, 0.4) is 0 Å². The fourth-order valence-electron chi connectivity index (χ4n) is 0.816. The van der Waals surface area contributed by atoms with Gasteiger partial charge in [0.2, 0.25) is 0 Å². The first-order valence-electron chi connectivity index (χ1n) is 3.97. The Morgan fingerprint density at radius 2 is 2.50 bits per heavy atom. The van der Waals surface area contributed by atoms with Gasteiger partial charge in [0, 0.05) is 6.20 Å². The molecule has 0 atom stereocenters. The number of ether oxygens (including phenoxy) is 1. The van der Waals surface area contributed by atoms with E-state index in [0.717, 1.165) is 12.2 Å². The van der Waals surface area contributed by atoms with E-state index in [2.05, 4.69) is 9.98 Å². The van der Waals surface area contributed by atoms with E-state index in [1.165, 1.54) is 6.40 Å². The number of aliphatic imine (C=N–C) groups is 2. The van der Waals surface area contributed by atoms with Gasteiger partial charge in [-0.3, -0.25) is 0 Å². The Morgan fingerprint density at radius 3 is 3.17 bits per heavy atom. The van der Waals surface area contributed by atoms with Gasteiger partial charge in [0.15, 0.2) is 18.0 Å². The van der Waals surface area contributed by atoms with Gasteiger partial charge >= 0.3 is 0 Å². The SMILES string of the molecule is C\C=C/N=C1/N=CO/C1=C/CC. The van der Waals surface area contributed by atoms with Crippen LogP contribution in [0.5, 0.6) is 0 Å². The summed E-state index contributed by atoms with van der Waals surface area (Å²) in [5, 5.41) is 0. The lowest BCUT2D eigenvalue weighted by Crippen LogP contribution is -1.93. The van der Waals surface area contributed by atoms with E-state index in [0.29, 0.717) is 5.84 Å². The fourth-order valence-corrected chi connectivity index (χ4v) is 0.816. The Hall–Kier alpha value is -1.38. The lowest BCUT2D eigenvalue weighted by atomic mass is 10.3. The molecule has 0 spiro atoms. The van der Waals surface area contributed by atoms with Gasteiger partial charge in [0.25, 0.3) is 0 Å². The molecule has 3 heteroatoms. The molecule has 1 aliphatic rings. The van der Waals surface area contributed by atoms with Gasteiger partial charge in [-0.05, 0) is 19.4 Å². The van der Waals surface area contributed by atoms with Gasteiger partial charge < -0.3 is 4.74 Å². The normalized spacial score (nSPS) is 22.8. The molecule has 0 bridgehead atoms. The predicted molar refractivity (Wildman–Crippen MR) is 50.2 cm³/mol. The quantitative estimate of drug-likeness (QED) is 0.616. The summed E-state index contributed by atoms with van der Waals surface area (Å²) in [6.07, 6.45) is 7.84. The van der Waals surface area contributed by atoms with Crippen LogP contribution < -0.4 is 0 Å². The minimum absolute atomic E-state index is 0.648. The van der Waals surface area contributed by atoms with E-state index in [4.69, 9.17) is 4.74 Å². The molecule has 1 heterocycles. The number of rotatable bonds is 2. The zero-order valence-corrected chi connectivity index (χ0v) is 7.32. The average molecular weight is 164 g/mol. The van der Waals surface area contributed by atoms with Crippen molar-refractivity contribution in [1.29, 1.82) is 0 Å². The third kappa shape index (κ3) is 2.05. The van der Waals surface area contributed by atoms with E-state index in [1.807, 2.05) is 26.0 Å². The first-order valence-corrected chi connectivity index (χ1v) is 3.97. The van der Waals surface area contributed by atoms with Crippen molar-refractivity contribution in [2.45, 2.75) is 20.3 Å². The number of hydrogen-bond donors (Lipinski definition) is 0. The molecule has 0 aromatic carbocycles. The molecule has 0 saturated heterocycles. The summed E-state index contributed by atoms with van der Waals surface area (Å²) in [6.45, 7) is 3.95. The van der Waals surface area contributed by atoms with Crippen molar-refractivity contribution in [3.05, 3.63) is 24.1 Å². The maximum absolute atomic E-state index is 5.11. The maximum atomic E-state index is 5.11. The highest BCUT2D eigenvalue weighted by atomic mass is 16.5. The van der Waals surface area contributed by atoms with Crippen LogP contribution in [0.15, 0.2) is 34.1 Å². The Morgan fingerprint density at radius 1 is 1.67 bits per heavy atom. The van der Waals surface area contributed by atoms with E-state index >= 15 is 0 Å². The summed E-state index contributed by atoms with van der Waals surface area (Å²) in [5.74, 6) is 1.39. The molecule has 64 valence electrons. The monoisotopic (exact) mass is 164 g/mol. The van der Waals surface area contributed by atoms with Crippen LogP contribution in [0.2, 0.25) is 0 Å². The third-order valence-electron chi connectivity index (χ3n) is 1.31. The van der Waals surface area contributed by atoms with Crippen molar-refractivity contribution < 1.29 is 4.74 Å². The summed E-state index contributed by atoms with van der Waals surface area (Å²) in [6, 6.07) is 0. The number of hydrogen-bond acceptors (Lipinski definition) is 2. The van der Waals surface area contributed by atoms with Crippen molar-refractivity contribution in [1.82, 2.24) is 0 Å². The van der Waals surface area contributed by atoms with Crippen molar-refractivity contribution in [2.24, 2.45) is 9.98 Å². The zero-order chi connectivity index (χ0) is 8.81. The highest BCUT2D eigenvalue weighted by Gasteiger charge is 2.10. The molecule has 0 fully saturated rings. The van der Waals surface area contributed by atoms with Gasteiger partial charge in [0.05, 0.1) is 0 Å². The first-order chi connectivity index (χ1) is 5.88. The van der Waals surface area contributed by atoms with Crippen molar-refractivity contribution in [2.75, 3.05) is 0 Å². The molecular weight excluding hydrogens is 152 g/mol. The molecule has 0 radical (unpaired) electrons. The van der Waals surface area contributed by atoms with Gasteiger partial charge in [-0.25, -0.2) is 4.99 Å². The van der Waals surface area contributed by atoms with E-state index in [9.17, 15) is 0 Å². The van der Waals surface area contributed by atoms with Crippen LogP contribution in [0, 0.1) is 0 Å². The molecule has 0 amide bonds. The molecule has 0 unspecified atom stereocenters. The van der Waals surface area contributed by atoms with Crippen LogP contribution in [0.1, 0.15) is 20.3 Å². The molecule has 1 rings (SSSR count). The molecule has 0 aromatic rings. The van der Waals surface area contributed by atoms with E-state index in [-0.39, 0.29) is 0 Å². The standard InChI is InChI=1S/C9H12N2O/c1-3-5-8-9(10-6-4-2)11-7-12-8/h4-7H,3H2,1-2H3/b6-4-,8-5+,10-9+. The van der Waals surface area contributed by atoms with Crippen LogP contribution in [0.25, 0.3) is 0 Å². The maximum Gasteiger partial charge on any atom is 0.198 e. The van der Waals surface area contributed by atoms with Gasteiger partial charge in [-0.2, -0.15) is 4.99 Å². The number of allylic oxidation sites excluding steroid dienone is 2. The van der Waals surface area contributed by atoms with Gasteiger partial charge in [-0.1, -0.05) is 13.0 Å². The Bertz CT molecular complexity index is 262. The molecule has 0 aromatic heterocycles. The van der Waals surface area contributed by atoms with Gasteiger partial charge in [-0.15, -0.1) is 0 Å². The molecule has 3 nitrogen and oxygen atoms in total. The summed E-state index contributed by atoms with van der Waals surface area (Å²) in [5.41, 5.74) is 0. The third-order valence-corrected chi connectivity index (χ3v) is 1.31. The van der Waals surface area contributed by atoms with E-state index in [1.54, 1.807) is 6.20 Å². The van der Waals surface area contributed by atoms with Crippen molar-refractivity contribution >= 4 is 12.2 Å². The highest BCUT2D eigenvalue weighted by molar-refractivity contribution is 6.05. The van der Waals surface area contributed by atoms with Crippen LogP contribution in [-0.4, -0.2) is 12.2 Å². The molecule has 0 saturated carbocycles. The lowest BCUT2D eigenvalue weighted by Gasteiger charge is -1.93. The van der Waals surface area contributed by atoms with Crippen molar-refractivity contribution in [3.63, 3.8) is 0 Å². The summed E-state index contributed by atoms with van der Waals surface area (Å²) < 4.78 is 5.11. The fraction of sp³-hybridized carbons (Fsp3) is 0.333. The molecule has 1 aliphatic heterocycles. The first kappa shape index (κ1) is 8.71. The number of nitrogens with zero attached hydrogens (tertiary/aromatic N) is 2. The molecule has 0 aliphatic carbocycles. The summed E-state index contributed by atoms with van der Waals surface area (Å²) in [7, 11) is 0. The Labute approximate surface area is 72.2 Å². The smallest absolute Gasteiger partial charge is 0.198 e. The minimum Gasteiger partial charge on any atom is -0.442 e. The molecule has 12 heavy (non-hydrogen) atoms. The Balaban J connectivity index is 2.75. The zero-order valence-electron chi connectivity index (χ0n) is 7.32. The second kappa shape index (κ2) is 4.49. The van der Waals surface area contributed by atoms with Crippen LogP contribution in [0.4, 0.5) is 0 Å². The van der Waals surface area contributed by atoms with Gasteiger partial charge in [0.1, 0.15) is 0 Å². The second-order valence-electron chi connectivity index (χ2n) is 2.26. The topological polar surface area (TPSA) is 34.0 Å². The van der Waals surface area contributed by atoms with E-state index < -0.39 is 0 Å². The molecular formula is C9H12N2O. The summed E-state index contributed by atoms with van der Waals surface area (Å²) >= 11 is 0. The second-order valence-corrected chi connectivity index (χ2v) is 2.26. The lowest BCUT2D eigenvalue weighted by molar-refractivity contribution is 0.476. The average Bonchev–Trinajstić information content (AvgIpc) is 2.50. The van der Waals surface area contributed by atoms with Crippen LogP contribution >= 0.6 is 0 Å². The molecule has 0 N–H and O–H groups in total. The highest BCUT2D eigenvalue weighted by Crippen LogP contribution is 2.08. The Kier molecular flexibility index (Phi) is 3.26. The van der Waals surface area contributed by atoms with Crippen molar-refractivity contribution in [3.8, 4) is 0 Å². The largest absolute Gasteiger partial charge is 0.442 e. The predicted octanol–water partition coefficient (Wildman–Crippen LogP) is 2.27. The van der Waals surface area contributed by atoms with Crippen LogP contribution in [-0.2, 0) is 4.74 Å². The number of amidine groups is 1.